The quantitative estimate of drug-likeness (QED) is 0.541. The van der Waals surface area contributed by atoms with E-state index in [0.29, 0.717) is 23.7 Å². The predicted octanol–water partition coefficient (Wildman–Crippen LogP) is 3.46. The van der Waals surface area contributed by atoms with E-state index in [0.717, 1.165) is 30.3 Å². The van der Waals surface area contributed by atoms with Gasteiger partial charge in [-0.15, -0.1) is 0 Å². The Balaban J connectivity index is 1.37. The molecule has 3 fully saturated rings. The summed E-state index contributed by atoms with van der Waals surface area (Å²) in [5.41, 5.74) is -0.672. The standard InChI is InChI=1S/C28H35F3N4O4/c1-15-10-16(2)24(37)25-23(15)26-6-8-34(13-18-4-5-18)17(3)27(26,38)7-9-35(14-21(26)39-25)22(36)12-19-11-20(33-32-19)28(29,30)31/h10-11,17-18,21,37-38H,4-9,12-14H2,1-3H3,(H,32,33)/t17?,21-,26?,27?/m0/s1. The lowest BCUT2D eigenvalue weighted by atomic mass is 9.56. The number of halogens is 3. The van der Waals surface area contributed by atoms with Crippen LogP contribution in [0.15, 0.2) is 12.1 Å². The van der Waals surface area contributed by atoms with Gasteiger partial charge in [-0.05, 0) is 76.1 Å². The molecule has 2 saturated heterocycles. The number of amides is 1. The molecular weight excluding hydrogens is 513 g/mol. The van der Waals surface area contributed by atoms with Gasteiger partial charge in [-0.2, -0.15) is 18.3 Å². The van der Waals surface area contributed by atoms with Crippen LogP contribution in [-0.4, -0.2) is 80.0 Å². The van der Waals surface area contributed by atoms with Crippen LogP contribution >= 0.6 is 0 Å². The fourth-order valence-corrected chi connectivity index (χ4v) is 7.40. The largest absolute Gasteiger partial charge is 0.504 e. The van der Waals surface area contributed by atoms with Crippen LogP contribution < -0.4 is 4.74 Å². The van der Waals surface area contributed by atoms with Crippen molar-refractivity contribution in [3.63, 3.8) is 0 Å². The minimum Gasteiger partial charge on any atom is -0.504 e. The highest BCUT2D eigenvalue weighted by Gasteiger charge is 2.68. The molecule has 1 spiro atoms. The second kappa shape index (κ2) is 8.86. The van der Waals surface area contributed by atoms with Gasteiger partial charge in [0.25, 0.3) is 0 Å². The van der Waals surface area contributed by atoms with Crippen molar-refractivity contribution in [1.82, 2.24) is 20.0 Å². The zero-order valence-electron chi connectivity index (χ0n) is 22.4. The molecule has 1 aromatic heterocycles. The van der Waals surface area contributed by atoms with Crippen molar-refractivity contribution in [2.45, 2.75) is 82.2 Å². The van der Waals surface area contributed by atoms with Crippen LogP contribution in [0.25, 0.3) is 0 Å². The Morgan fingerprint density at radius 3 is 2.62 bits per heavy atom. The van der Waals surface area contributed by atoms with E-state index in [4.69, 9.17) is 4.74 Å². The number of phenolic OH excluding ortho intramolecular Hbond substituents is 1. The summed E-state index contributed by atoms with van der Waals surface area (Å²) in [6.07, 6.45) is -2.21. The number of hydrogen-bond acceptors (Lipinski definition) is 6. The molecule has 212 valence electrons. The monoisotopic (exact) mass is 548 g/mol. The molecule has 39 heavy (non-hydrogen) atoms. The second-order valence-electron chi connectivity index (χ2n) is 12.0. The molecule has 3 N–H and O–H groups in total. The number of phenols is 1. The van der Waals surface area contributed by atoms with Crippen LogP contribution in [0.4, 0.5) is 13.2 Å². The molecular formula is C28H35F3N4O4. The van der Waals surface area contributed by atoms with E-state index < -0.39 is 29.0 Å². The summed E-state index contributed by atoms with van der Waals surface area (Å²) in [5.74, 6) is 0.685. The van der Waals surface area contributed by atoms with E-state index in [1.807, 2.05) is 19.9 Å². The molecule has 1 aromatic carbocycles. The first kappa shape index (κ1) is 26.4. The molecule has 11 heteroatoms. The number of benzene rings is 1. The van der Waals surface area contributed by atoms with Gasteiger partial charge in [0.2, 0.25) is 5.91 Å². The number of nitrogens with zero attached hydrogens (tertiary/aromatic N) is 3. The third kappa shape index (κ3) is 4.03. The summed E-state index contributed by atoms with van der Waals surface area (Å²) in [7, 11) is 0. The first-order valence-electron chi connectivity index (χ1n) is 13.7. The van der Waals surface area contributed by atoms with Crippen molar-refractivity contribution in [2.75, 3.05) is 26.2 Å². The first-order valence-corrected chi connectivity index (χ1v) is 13.7. The average molecular weight is 549 g/mol. The molecule has 1 amide bonds. The maximum atomic E-state index is 13.4. The Labute approximate surface area is 225 Å². The van der Waals surface area contributed by atoms with Gasteiger partial charge in [-0.3, -0.25) is 14.8 Å². The molecule has 4 aliphatic rings. The Morgan fingerprint density at radius 2 is 1.95 bits per heavy atom. The minimum absolute atomic E-state index is 0.0449. The fraction of sp³-hybridized carbons (Fsp3) is 0.643. The van der Waals surface area contributed by atoms with E-state index in [1.165, 1.54) is 12.8 Å². The average Bonchev–Trinajstić information content (AvgIpc) is 3.47. The molecule has 8 nitrogen and oxygen atoms in total. The molecule has 3 aliphatic heterocycles. The maximum Gasteiger partial charge on any atom is 0.435 e. The molecule has 1 saturated carbocycles. The summed E-state index contributed by atoms with van der Waals surface area (Å²) in [5, 5.41) is 29.4. The summed E-state index contributed by atoms with van der Waals surface area (Å²) >= 11 is 0. The van der Waals surface area contributed by atoms with Gasteiger partial charge in [0, 0.05) is 30.4 Å². The molecule has 0 bridgehead atoms. The van der Waals surface area contributed by atoms with Crippen molar-refractivity contribution >= 4 is 5.91 Å². The van der Waals surface area contributed by atoms with Gasteiger partial charge in [-0.1, -0.05) is 6.07 Å². The SMILES string of the molecule is Cc1cc(C)c2c(c1O)O[C@H]1CN(C(=O)Cc3cc(C(F)(F)F)n[nH]3)CCC3(O)C(C)N(CC4CC4)CCC213. The Hall–Kier alpha value is -2.79. The number of carbonyl (C=O) groups is 1. The molecule has 4 heterocycles. The van der Waals surface area contributed by atoms with Crippen LogP contribution in [0.2, 0.25) is 0 Å². The van der Waals surface area contributed by atoms with E-state index in [-0.39, 0.29) is 49.3 Å². The van der Waals surface area contributed by atoms with Gasteiger partial charge < -0.3 is 19.8 Å². The smallest absolute Gasteiger partial charge is 0.435 e. The number of aromatic amines is 1. The maximum absolute atomic E-state index is 13.4. The Bertz CT molecular complexity index is 1310. The zero-order chi connectivity index (χ0) is 27.9. The number of likely N-dealkylation sites (tertiary alicyclic amines) is 2. The molecule has 4 atom stereocenters. The number of aromatic hydroxyl groups is 1. The highest BCUT2D eigenvalue weighted by molar-refractivity contribution is 5.78. The lowest BCUT2D eigenvalue weighted by molar-refractivity contribution is -0.151. The van der Waals surface area contributed by atoms with Crippen molar-refractivity contribution in [1.29, 1.82) is 0 Å². The second-order valence-corrected chi connectivity index (χ2v) is 12.0. The lowest BCUT2D eigenvalue weighted by Crippen LogP contribution is -2.70. The number of H-pyrrole nitrogens is 1. The number of aryl methyl sites for hydroxylation is 2. The van der Waals surface area contributed by atoms with Gasteiger partial charge in [0.15, 0.2) is 17.2 Å². The van der Waals surface area contributed by atoms with Crippen molar-refractivity contribution in [3.8, 4) is 11.5 Å². The molecule has 0 radical (unpaired) electrons. The number of fused-ring (bicyclic) bond motifs is 1. The Morgan fingerprint density at radius 1 is 1.21 bits per heavy atom. The third-order valence-electron chi connectivity index (χ3n) is 9.66. The van der Waals surface area contributed by atoms with Crippen molar-refractivity contribution in [2.24, 2.45) is 5.92 Å². The highest BCUT2D eigenvalue weighted by atomic mass is 19.4. The number of carbonyl (C=O) groups excluding carboxylic acids is 1. The van der Waals surface area contributed by atoms with E-state index in [2.05, 4.69) is 15.1 Å². The number of aromatic nitrogens is 2. The minimum atomic E-state index is -4.60. The predicted molar refractivity (Wildman–Crippen MR) is 135 cm³/mol. The summed E-state index contributed by atoms with van der Waals surface area (Å²) < 4.78 is 45.6. The number of ether oxygens (including phenoxy) is 1. The molecule has 3 unspecified atom stereocenters. The van der Waals surface area contributed by atoms with Gasteiger partial charge in [-0.25, -0.2) is 0 Å². The number of piperidine rings is 1. The van der Waals surface area contributed by atoms with Gasteiger partial charge >= 0.3 is 6.18 Å². The van der Waals surface area contributed by atoms with Gasteiger partial charge in [0.05, 0.1) is 24.0 Å². The number of nitrogens with one attached hydrogen (secondary N) is 1. The van der Waals surface area contributed by atoms with Crippen molar-refractivity contribution < 1.29 is 32.9 Å². The molecule has 6 rings (SSSR count). The van der Waals surface area contributed by atoms with Crippen molar-refractivity contribution in [3.05, 3.63) is 40.2 Å². The van der Waals surface area contributed by atoms with Crippen LogP contribution in [0.3, 0.4) is 0 Å². The number of rotatable bonds is 4. The lowest BCUT2D eigenvalue weighted by Gasteiger charge is -2.57. The number of aliphatic hydroxyl groups is 1. The van der Waals surface area contributed by atoms with Crippen LogP contribution in [-0.2, 0) is 22.8 Å². The number of alkyl halides is 3. The third-order valence-corrected chi connectivity index (χ3v) is 9.66. The molecule has 1 aliphatic carbocycles. The summed E-state index contributed by atoms with van der Waals surface area (Å²) in [4.78, 5) is 17.4. The highest BCUT2D eigenvalue weighted by Crippen LogP contribution is 2.61. The van der Waals surface area contributed by atoms with Crippen LogP contribution in [0.5, 0.6) is 11.5 Å². The first-order chi connectivity index (χ1) is 18.3. The fourth-order valence-electron chi connectivity index (χ4n) is 7.40. The topological polar surface area (TPSA) is 102 Å². The normalized spacial score (nSPS) is 30.8. The van der Waals surface area contributed by atoms with E-state index in [1.54, 1.807) is 11.8 Å². The number of hydrogen-bond donors (Lipinski definition) is 3. The summed E-state index contributed by atoms with van der Waals surface area (Å²) in [6.45, 7) is 7.89. The van der Waals surface area contributed by atoms with Gasteiger partial charge in [0.1, 0.15) is 6.10 Å². The summed E-state index contributed by atoms with van der Waals surface area (Å²) in [6, 6.07) is 2.55. The molecule has 2 aromatic rings. The van der Waals surface area contributed by atoms with E-state index >= 15 is 0 Å². The Kier molecular flexibility index (Phi) is 6.00. The van der Waals surface area contributed by atoms with Crippen LogP contribution in [0.1, 0.15) is 60.7 Å². The van der Waals surface area contributed by atoms with E-state index in [9.17, 15) is 28.2 Å². The zero-order valence-corrected chi connectivity index (χ0v) is 22.4. The van der Waals surface area contributed by atoms with Crippen LogP contribution in [0, 0.1) is 19.8 Å².